The molecule has 19 N–H and O–H groups in total. The van der Waals surface area contributed by atoms with E-state index in [1.54, 1.807) is 0 Å². The smallest absolute Gasteiger partial charge is 0.394 e. The fourth-order valence-electron chi connectivity index (χ4n) is 13.2. The minimum Gasteiger partial charge on any atom is -0.394 e. The summed E-state index contributed by atoms with van der Waals surface area (Å²) in [7, 11) is -23.0. The van der Waals surface area contributed by atoms with Gasteiger partial charge in [0, 0.05) is 72.8 Å². The lowest BCUT2D eigenvalue weighted by Gasteiger charge is -2.42. The highest BCUT2D eigenvalue weighted by molar-refractivity contribution is 7.48. The van der Waals surface area contributed by atoms with Gasteiger partial charge in [0.25, 0.3) is 0 Å². The summed E-state index contributed by atoms with van der Waals surface area (Å²) in [5, 5.41) is 98.8. The van der Waals surface area contributed by atoms with E-state index in [1.807, 2.05) is 0 Å². The number of unbranched alkanes of at least 4 members (excludes halogenated alkanes) is 11. The van der Waals surface area contributed by atoms with E-state index < -0.39 is 206 Å². The van der Waals surface area contributed by atoms with Crippen LogP contribution in [0.25, 0.3) is 11.2 Å². The number of hydrogen-bond acceptors (Lipinski definition) is 40. The summed E-state index contributed by atoms with van der Waals surface area (Å²) in [4.78, 5) is 101. The van der Waals surface area contributed by atoms with Gasteiger partial charge in [-0.25, -0.2) is 37.8 Å². The van der Waals surface area contributed by atoms with Crippen LogP contribution in [0, 0.1) is 5.41 Å². The lowest BCUT2D eigenvalue weighted by Crippen LogP contribution is -2.64. The van der Waals surface area contributed by atoms with E-state index in [2.05, 4.69) is 35.4 Å². The topological polar surface area (TPSA) is 701 Å². The predicted octanol–water partition coefficient (Wildman–Crippen LogP) is 0.285. The maximum Gasteiger partial charge on any atom is 0.472 e. The Bertz CT molecular complexity index is 3400. The van der Waals surface area contributed by atoms with Crippen molar-refractivity contribution < 1.29 is 196 Å². The fourth-order valence-corrected chi connectivity index (χ4v) is 17.1. The van der Waals surface area contributed by atoms with E-state index in [9.17, 15) is 108 Å². The van der Waals surface area contributed by atoms with Crippen LogP contribution in [0.5, 0.6) is 0 Å². The monoisotopic (exact) mass is 1860 g/mol. The number of anilines is 1. The molecule has 4 saturated heterocycles. The molecule has 0 aromatic carbocycles. The first-order valence-electron chi connectivity index (χ1n) is 40.2. The zero-order valence-corrected chi connectivity index (χ0v) is 73.1. The second-order valence-corrected chi connectivity index (χ2v) is 36.8. The van der Waals surface area contributed by atoms with E-state index in [-0.39, 0.29) is 148 Å². The Morgan fingerprint density at radius 3 is 1.18 bits per heavy atom. The number of phosphoric ester groups is 5. The van der Waals surface area contributed by atoms with Crippen LogP contribution < -0.4 is 21.7 Å². The Kier molecular flexibility index (Phi) is 47.8. The van der Waals surface area contributed by atoms with Crippen LogP contribution in [-0.4, -0.2) is 338 Å². The molecule has 122 heavy (non-hydrogen) atoms. The molecule has 708 valence electrons. The number of ether oxygens (including phenoxy) is 9. The second-order valence-electron chi connectivity index (χ2n) is 29.5. The van der Waals surface area contributed by atoms with Gasteiger partial charge in [0.1, 0.15) is 103 Å². The van der Waals surface area contributed by atoms with Gasteiger partial charge in [-0.3, -0.25) is 64.2 Å². The van der Waals surface area contributed by atoms with Crippen molar-refractivity contribution in [3.05, 3.63) is 12.7 Å². The van der Waals surface area contributed by atoms with E-state index in [1.165, 1.54) is 38.0 Å². The number of nitrogens with two attached hydrogens (primary N) is 1. The van der Waals surface area contributed by atoms with Gasteiger partial charge < -0.3 is 135 Å². The van der Waals surface area contributed by atoms with Gasteiger partial charge in [0.15, 0.2) is 30.3 Å². The molecule has 54 heteroatoms. The highest BCUT2D eigenvalue weighted by atomic mass is 31.2. The van der Waals surface area contributed by atoms with Gasteiger partial charge in [-0.2, -0.15) is 0 Å². The second kappa shape index (κ2) is 54.3. The summed E-state index contributed by atoms with van der Waals surface area (Å²) in [5.41, 5.74) is 4.96. The van der Waals surface area contributed by atoms with Crippen LogP contribution in [0.1, 0.15) is 149 Å². The number of nitrogens with zero attached hydrogens (tertiary/aromatic N) is 4. The number of fused-ring (bicyclic) bond motifs is 1. The van der Waals surface area contributed by atoms with Crippen molar-refractivity contribution in [2.75, 3.05) is 132 Å². The fraction of sp³-hybridized carbons (Fsp3) is 0.882. The summed E-state index contributed by atoms with van der Waals surface area (Å²) in [6.45, 7) is -2.21. The Morgan fingerprint density at radius 1 is 0.451 bits per heavy atom. The number of hydrogen-bond donors (Lipinski definition) is 18. The van der Waals surface area contributed by atoms with Crippen molar-refractivity contribution in [1.29, 1.82) is 0 Å². The number of carbonyl (C=O) groups excluding carboxylic acids is 3. The van der Waals surface area contributed by atoms with Crippen molar-refractivity contribution in [2.24, 2.45) is 5.41 Å². The third-order valence-electron chi connectivity index (χ3n) is 19.6. The third kappa shape index (κ3) is 37.6. The number of aliphatic hydroxyl groups excluding tert-OH is 9. The van der Waals surface area contributed by atoms with Crippen LogP contribution in [0.2, 0.25) is 0 Å². The average molecular weight is 1870 g/mol. The van der Waals surface area contributed by atoms with Crippen molar-refractivity contribution >= 4 is 73.8 Å². The standard InChI is InChI=1S/C68H125N8O41P5/c1-44(80)73-53-60(86)57(83)48(35-77)114-65(53)102-25-13-5-8-16-28-105-119(91,92)108-31-19-11-12-22-68(41-112-122(97,98)111-38-51-47(117-118(89,90)99-4)34-52(113-51)76-43-72-56-63(69)70-42-71-64(56)76,39-100-23-20-32-109-120(93,94)106-29-17-9-6-14-26-103-66-54(74-45(2)81)61(87)58(84)49(36-78)115-66)40-101-24-21-33-110-121(95,96)107-30-18-10-7-15-27-104-67-55(75-46(3)82)62(88)59(85)50(37-79)116-67/h42-43,47-55,57-62,65-67,77-79,83-88H,5-41H2,1-4H3,(H,73,80)(H,74,81)(H,75,82)(H,89,90)(H,91,92)(H,93,94)(H,95,96)(H,97,98)(H2,69,70,71)/t47?,48?,49?,50?,51-,52-,53+,54+,55+,57+,58+,59+,60?,61?,62?,65-,66-,67-,68?/m1/s1. The molecule has 12 unspecified atom stereocenters. The molecule has 0 aliphatic carbocycles. The van der Waals surface area contributed by atoms with E-state index in [4.69, 9.17) is 89.1 Å². The number of amides is 3. The largest absolute Gasteiger partial charge is 0.472 e. The Balaban J connectivity index is 1.06. The maximum absolute atomic E-state index is 14.2. The summed E-state index contributed by atoms with van der Waals surface area (Å²) in [6, 6.07) is -3.37. The maximum atomic E-state index is 14.2. The van der Waals surface area contributed by atoms with Gasteiger partial charge in [0.05, 0.1) is 92.2 Å². The number of imidazole rings is 1. The van der Waals surface area contributed by atoms with Crippen LogP contribution in [-0.2, 0) is 125 Å². The van der Waals surface area contributed by atoms with E-state index in [0.29, 0.717) is 77.0 Å². The zero-order chi connectivity index (χ0) is 89.7. The molecule has 0 spiro atoms. The normalized spacial score (nSPS) is 28.8. The molecule has 6 heterocycles. The summed E-state index contributed by atoms with van der Waals surface area (Å²) in [5.74, 6) is -1.52. The van der Waals surface area contributed by atoms with Crippen molar-refractivity contribution in [2.45, 2.75) is 253 Å². The van der Waals surface area contributed by atoms with E-state index in [0.717, 1.165) is 7.11 Å². The number of rotatable bonds is 64. The number of phosphoric acid groups is 5. The Hall–Kier alpha value is -3.41. The van der Waals surface area contributed by atoms with Gasteiger partial charge in [-0.1, -0.05) is 51.4 Å². The van der Waals surface area contributed by atoms with Gasteiger partial charge in [-0.15, -0.1) is 0 Å². The number of aliphatic hydroxyl groups is 9. The number of nitrogens with one attached hydrogen (secondary N) is 3. The molecule has 0 radical (unpaired) electrons. The highest BCUT2D eigenvalue weighted by Gasteiger charge is 2.50. The first-order valence-corrected chi connectivity index (χ1v) is 47.7. The van der Waals surface area contributed by atoms with E-state index >= 15 is 0 Å². The third-order valence-corrected chi connectivity index (χ3v) is 24.6. The average Bonchev–Trinajstić information content (AvgIpc) is 1.68. The van der Waals surface area contributed by atoms with Crippen molar-refractivity contribution in [3.63, 3.8) is 0 Å². The summed E-state index contributed by atoms with van der Waals surface area (Å²) < 4.78 is 172. The molecule has 4 fully saturated rings. The lowest BCUT2D eigenvalue weighted by molar-refractivity contribution is -0.270. The quantitative estimate of drug-likeness (QED) is 0.0312. The zero-order valence-electron chi connectivity index (χ0n) is 68.6. The van der Waals surface area contributed by atoms with Crippen LogP contribution >= 0.6 is 39.1 Å². The molecular formula is C68H125N8O41P5. The molecule has 2 aromatic rings. The molecule has 6 rings (SSSR count). The highest BCUT2D eigenvalue weighted by Crippen LogP contribution is 2.51. The SMILES string of the molecule is COP(=O)(O)OC1C[C@H](n2cnc3c(N)ncnc32)O[C@@H]1COP(=O)(O)OCC(CCCCCOP(=O)(O)OCCCCCCO[C@@H]1OC(CO)[C@H](O)C(O)[C@@H]1NC(C)=O)(COCCCOP(=O)(O)OCCCCCCO[C@@H]1OC(CO)[C@H](O)C(O)[C@@H]1NC(C)=O)COCCCOP(=O)(O)OCCCCCCO[C@@H]1OC(CO)[C@H](O)C(O)[C@@H]1NC(C)=O. The van der Waals surface area contributed by atoms with Gasteiger partial charge in [-0.05, 0) is 64.2 Å². The summed E-state index contributed by atoms with van der Waals surface area (Å²) in [6.07, 6.45) is -11.6. The van der Waals surface area contributed by atoms with Gasteiger partial charge >= 0.3 is 39.1 Å². The molecule has 4 aliphatic rings. The molecule has 0 bridgehead atoms. The molecule has 2 aromatic heterocycles. The minimum atomic E-state index is -5.24. The van der Waals surface area contributed by atoms with Crippen LogP contribution in [0.3, 0.4) is 0 Å². The first-order chi connectivity index (χ1) is 57.9. The molecule has 3 amide bonds. The number of aromatic nitrogens is 4. The molecule has 4 aliphatic heterocycles. The first kappa shape index (κ1) is 107. The van der Waals surface area contributed by atoms with Crippen molar-refractivity contribution in [3.8, 4) is 0 Å². The van der Waals surface area contributed by atoms with Gasteiger partial charge in [0.2, 0.25) is 17.7 Å². The molecule has 49 nitrogen and oxygen atoms in total. The van der Waals surface area contributed by atoms with Crippen molar-refractivity contribution in [1.82, 2.24) is 35.5 Å². The lowest BCUT2D eigenvalue weighted by atomic mass is 9.85. The molecular weight excluding hydrogens is 1740 g/mol. The summed E-state index contributed by atoms with van der Waals surface area (Å²) >= 11 is 0. The minimum absolute atomic E-state index is 0.0248. The number of nitrogen functional groups attached to an aromatic ring is 1. The number of carbonyl (C=O) groups is 3. The predicted molar refractivity (Wildman–Crippen MR) is 418 cm³/mol. The Labute approximate surface area is 705 Å². The molecule has 0 saturated carbocycles. The molecule has 23 atom stereocenters. The van der Waals surface area contributed by atoms with Crippen LogP contribution in [0.15, 0.2) is 12.7 Å². The Morgan fingerprint density at radius 2 is 0.811 bits per heavy atom. The van der Waals surface area contributed by atoms with Crippen LogP contribution in [0.4, 0.5) is 5.82 Å².